The second-order valence-electron chi connectivity index (χ2n) is 7.68. The number of nitrogens with two attached hydrogens (primary N) is 1. The highest BCUT2D eigenvalue weighted by Crippen LogP contribution is 2.44. The van der Waals surface area contributed by atoms with Crippen LogP contribution in [-0.4, -0.2) is 19.2 Å². The average Bonchev–Trinajstić information content (AvgIpc) is 3.05. The van der Waals surface area contributed by atoms with Crippen molar-refractivity contribution >= 4 is 17.9 Å². The second-order valence-corrected chi connectivity index (χ2v) is 7.68. The maximum atomic E-state index is 12.2. The summed E-state index contributed by atoms with van der Waals surface area (Å²) in [4.78, 5) is 12.2. The van der Waals surface area contributed by atoms with Crippen LogP contribution in [0.4, 0.5) is 10.5 Å². The number of amides is 1. The first-order chi connectivity index (χ1) is 14.5. The summed E-state index contributed by atoms with van der Waals surface area (Å²) < 4.78 is 5.55. The van der Waals surface area contributed by atoms with E-state index in [-0.39, 0.29) is 5.92 Å². The minimum Gasteiger partial charge on any atom is -0.449 e. The van der Waals surface area contributed by atoms with Gasteiger partial charge in [0.15, 0.2) is 0 Å². The lowest BCUT2D eigenvalue weighted by Crippen LogP contribution is -2.26. The number of carbonyl (C=O) groups excluding carboxylic acids is 1. The van der Waals surface area contributed by atoms with E-state index in [0.29, 0.717) is 13.2 Å². The molecular formula is C26H26N2O2. The van der Waals surface area contributed by atoms with Gasteiger partial charge in [0.1, 0.15) is 6.61 Å². The SMILES string of the molecule is Cc1cc(N)cc(C)c1C=CCNC(=O)OCC1c2ccccc2-c2ccccc21. The number of fused-ring (bicyclic) bond motifs is 3. The molecule has 0 bridgehead atoms. The second kappa shape index (κ2) is 8.46. The van der Waals surface area contributed by atoms with E-state index < -0.39 is 6.09 Å². The number of nitrogen functional groups attached to an aromatic ring is 1. The molecule has 0 unspecified atom stereocenters. The molecule has 4 rings (SSSR count). The molecule has 0 saturated carbocycles. The largest absolute Gasteiger partial charge is 0.449 e. The summed E-state index contributed by atoms with van der Waals surface area (Å²) in [6.07, 6.45) is 3.52. The van der Waals surface area contributed by atoms with E-state index in [2.05, 4.69) is 29.6 Å². The fraction of sp³-hybridized carbons (Fsp3) is 0.192. The maximum Gasteiger partial charge on any atom is 0.407 e. The number of benzene rings is 3. The van der Waals surface area contributed by atoms with Gasteiger partial charge in [0.2, 0.25) is 0 Å². The summed E-state index contributed by atoms with van der Waals surface area (Å²) in [5, 5.41) is 2.80. The van der Waals surface area contributed by atoms with E-state index in [9.17, 15) is 4.79 Å². The highest BCUT2D eigenvalue weighted by molar-refractivity contribution is 5.79. The summed E-state index contributed by atoms with van der Waals surface area (Å²) in [6.45, 7) is 4.78. The summed E-state index contributed by atoms with van der Waals surface area (Å²) in [5.41, 5.74) is 14.8. The third kappa shape index (κ3) is 3.94. The number of nitrogens with one attached hydrogen (secondary N) is 1. The third-order valence-corrected chi connectivity index (χ3v) is 5.61. The van der Waals surface area contributed by atoms with Crippen molar-refractivity contribution in [1.82, 2.24) is 5.32 Å². The Labute approximate surface area is 177 Å². The molecule has 1 amide bonds. The van der Waals surface area contributed by atoms with E-state index in [1.807, 2.05) is 62.4 Å². The first-order valence-electron chi connectivity index (χ1n) is 10.2. The van der Waals surface area contributed by atoms with Gasteiger partial charge >= 0.3 is 6.09 Å². The molecule has 3 N–H and O–H groups in total. The van der Waals surface area contributed by atoms with E-state index in [4.69, 9.17) is 10.5 Å². The first-order valence-corrected chi connectivity index (χ1v) is 10.2. The number of hydrogen-bond acceptors (Lipinski definition) is 3. The van der Waals surface area contributed by atoms with Crippen molar-refractivity contribution in [2.45, 2.75) is 19.8 Å². The number of carbonyl (C=O) groups is 1. The van der Waals surface area contributed by atoms with Gasteiger partial charge in [0.25, 0.3) is 0 Å². The summed E-state index contributed by atoms with van der Waals surface area (Å²) >= 11 is 0. The van der Waals surface area contributed by atoms with Crippen molar-refractivity contribution < 1.29 is 9.53 Å². The molecule has 0 spiro atoms. The van der Waals surface area contributed by atoms with Gasteiger partial charge in [-0.25, -0.2) is 4.79 Å². The molecule has 0 saturated heterocycles. The smallest absolute Gasteiger partial charge is 0.407 e. The molecule has 1 aliphatic rings. The molecular weight excluding hydrogens is 372 g/mol. The van der Waals surface area contributed by atoms with Crippen LogP contribution in [0, 0.1) is 13.8 Å². The van der Waals surface area contributed by atoms with E-state index >= 15 is 0 Å². The van der Waals surface area contributed by atoms with Gasteiger partial charge in [0.05, 0.1) is 0 Å². The molecule has 0 fully saturated rings. The van der Waals surface area contributed by atoms with Crippen LogP contribution in [0.3, 0.4) is 0 Å². The standard InChI is InChI=1S/C26H26N2O2/c1-17-14-19(27)15-18(2)20(17)12-7-13-28-26(29)30-16-25-23-10-5-3-8-21(23)22-9-4-6-11-24(22)25/h3-12,14-15,25H,13,16,27H2,1-2H3,(H,28,29). The Morgan fingerprint density at radius 3 is 2.17 bits per heavy atom. The predicted octanol–water partition coefficient (Wildman–Crippen LogP) is 5.44. The van der Waals surface area contributed by atoms with Gasteiger partial charge in [-0.15, -0.1) is 0 Å². The van der Waals surface area contributed by atoms with Crippen LogP contribution < -0.4 is 11.1 Å². The molecule has 152 valence electrons. The van der Waals surface area contributed by atoms with Crippen molar-refractivity contribution in [3.05, 3.63) is 94.6 Å². The lowest BCUT2D eigenvalue weighted by Gasteiger charge is -2.14. The zero-order valence-corrected chi connectivity index (χ0v) is 17.3. The molecule has 0 radical (unpaired) electrons. The number of hydrogen-bond donors (Lipinski definition) is 2. The van der Waals surface area contributed by atoms with Crippen LogP contribution in [0.15, 0.2) is 66.7 Å². The van der Waals surface area contributed by atoms with Crippen LogP contribution in [0.25, 0.3) is 17.2 Å². The predicted molar refractivity (Wildman–Crippen MR) is 122 cm³/mol. The van der Waals surface area contributed by atoms with Crippen LogP contribution >= 0.6 is 0 Å². The third-order valence-electron chi connectivity index (χ3n) is 5.61. The molecule has 0 heterocycles. The molecule has 1 aliphatic carbocycles. The van der Waals surface area contributed by atoms with Gasteiger partial charge in [-0.1, -0.05) is 60.7 Å². The van der Waals surface area contributed by atoms with Crippen LogP contribution in [0.1, 0.15) is 33.7 Å². The maximum absolute atomic E-state index is 12.2. The summed E-state index contributed by atoms with van der Waals surface area (Å²) in [5.74, 6) is 0.0683. The fourth-order valence-electron chi connectivity index (χ4n) is 4.24. The quantitative estimate of drug-likeness (QED) is 0.563. The van der Waals surface area contributed by atoms with Crippen molar-refractivity contribution in [2.75, 3.05) is 18.9 Å². The molecule has 30 heavy (non-hydrogen) atoms. The molecule has 3 aromatic carbocycles. The van der Waals surface area contributed by atoms with Crippen LogP contribution in [0.5, 0.6) is 0 Å². The highest BCUT2D eigenvalue weighted by Gasteiger charge is 2.28. The molecule has 3 aromatic rings. The van der Waals surface area contributed by atoms with Crippen molar-refractivity contribution in [3.8, 4) is 11.1 Å². The number of anilines is 1. The minimum absolute atomic E-state index is 0.0683. The number of ether oxygens (including phenoxy) is 1. The fourth-order valence-corrected chi connectivity index (χ4v) is 4.24. The van der Waals surface area contributed by atoms with Crippen molar-refractivity contribution in [1.29, 1.82) is 0 Å². The number of alkyl carbamates (subject to hydrolysis) is 1. The van der Waals surface area contributed by atoms with E-state index in [1.54, 1.807) is 0 Å². The van der Waals surface area contributed by atoms with E-state index in [1.165, 1.54) is 22.3 Å². The van der Waals surface area contributed by atoms with Crippen molar-refractivity contribution in [3.63, 3.8) is 0 Å². The lowest BCUT2D eigenvalue weighted by atomic mass is 9.98. The Morgan fingerprint density at radius 1 is 1.00 bits per heavy atom. The molecule has 4 nitrogen and oxygen atoms in total. The van der Waals surface area contributed by atoms with Gasteiger partial charge in [-0.05, 0) is 64.9 Å². The average molecular weight is 399 g/mol. The topological polar surface area (TPSA) is 64.3 Å². The number of rotatable bonds is 5. The van der Waals surface area contributed by atoms with Crippen LogP contribution in [0.2, 0.25) is 0 Å². The van der Waals surface area contributed by atoms with Gasteiger partial charge in [0, 0.05) is 18.2 Å². The minimum atomic E-state index is -0.410. The Morgan fingerprint density at radius 2 is 1.57 bits per heavy atom. The Bertz CT molecular complexity index is 1050. The molecule has 0 atom stereocenters. The number of aryl methyl sites for hydroxylation is 2. The summed E-state index contributed by atoms with van der Waals surface area (Å²) in [6, 6.07) is 20.5. The zero-order valence-electron chi connectivity index (χ0n) is 17.3. The Balaban J connectivity index is 1.35. The van der Waals surface area contributed by atoms with Crippen molar-refractivity contribution in [2.24, 2.45) is 0 Å². The zero-order chi connectivity index (χ0) is 21.1. The molecule has 0 aromatic heterocycles. The molecule has 0 aliphatic heterocycles. The molecule has 4 heteroatoms. The Hall–Kier alpha value is -3.53. The highest BCUT2D eigenvalue weighted by atomic mass is 16.5. The summed E-state index contributed by atoms with van der Waals surface area (Å²) in [7, 11) is 0. The normalized spacial score (nSPS) is 12.6. The van der Waals surface area contributed by atoms with Gasteiger partial charge in [-0.3, -0.25) is 0 Å². The Kier molecular flexibility index (Phi) is 5.57. The first kappa shape index (κ1) is 19.8. The van der Waals surface area contributed by atoms with Gasteiger partial charge < -0.3 is 15.8 Å². The monoisotopic (exact) mass is 398 g/mol. The van der Waals surface area contributed by atoms with Crippen LogP contribution in [-0.2, 0) is 4.74 Å². The van der Waals surface area contributed by atoms with Gasteiger partial charge in [-0.2, -0.15) is 0 Å². The van der Waals surface area contributed by atoms with E-state index in [0.717, 1.165) is 22.4 Å². The lowest BCUT2D eigenvalue weighted by molar-refractivity contribution is 0.144.